The van der Waals surface area contributed by atoms with Gasteiger partial charge in [-0.05, 0) is 0 Å². The molecule has 0 fully saturated rings. The van der Waals surface area contributed by atoms with E-state index >= 15 is 0 Å². The van der Waals surface area contributed by atoms with E-state index in [9.17, 15) is 22.0 Å². The van der Waals surface area contributed by atoms with Gasteiger partial charge in [0.1, 0.15) is 0 Å². The van der Waals surface area contributed by atoms with Crippen molar-refractivity contribution in [2.24, 2.45) is 0 Å². The fourth-order valence-electron chi connectivity index (χ4n) is 0.275. The van der Waals surface area contributed by atoms with E-state index in [0.717, 1.165) is 0 Å². The smallest absolute Gasteiger partial charge is 0.306 e. The molecule has 0 radical (unpaired) electrons. The number of quaternary nitrogens is 1. The zero-order valence-electron chi connectivity index (χ0n) is 5.36. The second-order valence-corrected chi connectivity index (χ2v) is 5.88. The molecule has 8 heteroatoms. The maximum atomic E-state index is 10.3. The molecule has 0 saturated carbocycles. The largest absolute Gasteiger partial charge is 0.603 e. The Morgan fingerprint density at radius 2 is 1.20 bits per heavy atom. The van der Waals surface area contributed by atoms with Crippen LogP contribution in [0.2, 0.25) is 0 Å². The topological polar surface area (TPSA) is 95.8 Å². The molecule has 0 spiro atoms. The third-order valence-corrected chi connectivity index (χ3v) is 3.63. The lowest BCUT2D eigenvalue weighted by Crippen LogP contribution is -3.10. The minimum absolute atomic E-state index is 0.552. The SMILES string of the molecule is CS(=O)(=O)[NH+]([O-])S(C)(=O)=O. The molecule has 0 bridgehead atoms. The van der Waals surface area contributed by atoms with Crippen LogP contribution in [0.25, 0.3) is 0 Å². The van der Waals surface area contributed by atoms with Crippen molar-refractivity contribution in [3.8, 4) is 0 Å². The maximum absolute atomic E-state index is 10.3. The fraction of sp³-hybridized carbons (Fsp3) is 1.00. The van der Waals surface area contributed by atoms with Gasteiger partial charge >= 0.3 is 20.0 Å². The molecule has 6 nitrogen and oxygen atoms in total. The number of sulfonamides is 2. The van der Waals surface area contributed by atoms with Gasteiger partial charge in [0.25, 0.3) is 0 Å². The molecule has 0 aliphatic heterocycles. The third kappa shape index (κ3) is 2.60. The van der Waals surface area contributed by atoms with Crippen LogP contribution in [-0.2, 0) is 20.0 Å². The molecule has 0 aromatic heterocycles. The summed E-state index contributed by atoms with van der Waals surface area (Å²) < 4.78 is 39.3. The first-order chi connectivity index (χ1) is 4.15. The molecule has 1 N–H and O–H groups in total. The van der Waals surface area contributed by atoms with Gasteiger partial charge in [0, 0.05) is 0 Å². The lowest BCUT2D eigenvalue weighted by molar-refractivity contribution is -0.547. The third-order valence-electron chi connectivity index (χ3n) is 0.605. The first kappa shape index (κ1) is 9.82. The van der Waals surface area contributed by atoms with Crippen molar-refractivity contribution in [1.82, 2.24) is 0 Å². The van der Waals surface area contributed by atoms with Crippen LogP contribution < -0.4 is 3.87 Å². The summed E-state index contributed by atoms with van der Waals surface area (Å²) in [6.45, 7) is 0. The number of hydrogen-bond acceptors (Lipinski definition) is 5. The minimum Gasteiger partial charge on any atom is -0.603 e. The van der Waals surface area contributed by atoms with Crippen LogP contribution in [-0.4, -0.2) is 29.3 Å². The fourth-order valence-corrected chi connectivity index (χ4v) is 2.47. The molecule has 0 aliphatic rings. The molecule has 10 heavy (non-hydrogen) atoms. The Labute approximate surface area is 59.1 Å². The highest BCUT2D eigenvalue weighted by Gasteiger charge is 2.20. The Hall–Kier alpha value is -0.180. The number of hydrogen-bond donors (Lipinski definition) is 1. The van der Waals surface area contributed by atoms with Gasteiger partial charge in [0.2, 0.25) is 0 Å². The molecule has 0 aromatic rings. The molecule has 0 rings (SSSR count). The highest BCUT2D eigenvalue weighted by atomic mass is 32.3. The normalized spacial score (nSPS) is 14.0. The summed E-state index contributed by atoms with van der Waals surface area (Å²) in [7, 11) is -8.17. The van der Waals surface area contributed by atoms with E-state index < -0.39 is 23.9 Å². The highest BCUT2D eigenvalue weighted by molar-refractivity contribution is 7.96. The average molecular weight is 189 g/mol. The summed E-state index contributed by atoms with van der Waals surface area (Å²) in [6.07, 6.45) is 1.10. The van der Waals surface area contributed by atoms with Gasteiger partial charge in [0.15, 0.2) is 0 Å². The first-order valence-corrected chi connectivity index (χ1v) is 5.88. The Morgan fingerprint density at radius 3 is 1.20 bits per heavy atom. The van der Waals surface area contributed by atoms with Gasteiger partial charge in [0.05, 0.1) is 12.5 Å². The molecule has 0 atom stereocenters. The number of rotatable bonds is 2. The van der Waals surface area contributed by atoms with Crippen molar-refractivity contribution in [3.05, 3.63) is 5.21 Å². The summed E-state index contributed by atoms with van der Waals surface area (Å²) in [4.78, 5) is 0. The van der Waals surface area contributed by atoms with Crippen LogP contribution in [0.5, 0.6) is 0 Å². The van der Waals surface area contributed by atoms with Crippen LogP contribution in [0, 0.1) is 5.21 Å². The summed E-state index contributed by atoms with van der Waals surface area (Å²) >= 11 is 0. The Morgan fingerprint density at radius 1 is 1.00 bits per heavy atom. The molecule has 0 heterocycles. The van der Waals surface area contributed by atoms with E-state index in [-0.39, 0.29) is 0 Å². The number of nitrogens with one attached hydrogen (secondary N) is 1. The second kappa shape index (κ2) is 2.46. The second-order valence-electron chi connectivity index (χ2n) is 1.79. The van der Waals surface area contributed by atoms with Gasteiger partial charge in [-0.2, -0.15) is 20.7 Å². The van der Waals surface area contributed by atoms with E-state index in [0.29, 0.717) is 12.5 Å². The van der Waals surface area contributed by atoms with E-state index in [2.05, 4.69) is 0 Å². The Kier molecular flexibility index (Phi) is 2.41. The molecule has 0 unspecified atom stereocenters. The lowest BCUT2D eigenvalue weighted by atomic mass is 12.0. The standard InChI is InChI=1S/C2H7NO5S2/c1-9(5,6)3(4)10(2,7)8/h3H,1-2H3. The Balaban J connectivity index is 4.94. The zero-order chi connectivity index (χ0) is 8.58. The average Bonchev–Trinajstić information content (AvgIpc) is 1.59. The molecule has 0 aromatic carbocycles. The molecule has 0 amide bonds. The summed E-state index contributed by atoms with van der Waals surface area (Å²) in [5.74, 6) is 0. The quantitative estimate of drug-likeness (QED) is 0.476. The van der Waals surface area contributed by atoms with Crippen LogP contribution in [0.1, 0.15) is 0 Å². The van der Waals surface area contributed by atoms with E-state index in [1.165, 1.54) is 0 Å². The van der Waals surface area contributed by atoms with Gasteiger partial charge in [-0.15, -0.1) is 0 Å². The van der Waals surface area contributed by atoms with Crippen LogP contribution >= 0.6 is 0 Å². The highest BCUT2D eigenvalue weighted by Crippen LogP contribution is 1.69. The zero-order valence-corrected chi connectivity index (χ0v) is 6.99. The molecule has 0 aliphatic carbocycles. The van der Waals surface area contributed by atoms with Gasteiger partial charge in [-0.25, -0.2) is 0 Å². The van der Waals surface area contributed by atoms with E-state index in [4.69, 9.17) is 0 Å². The van der Waals surface area contributed by atoms with Crippen molar-refractivity contribution in [1.29, 1.82) is 0 Å². The maximum Gasteiger partial charge on any atom is 0.306 e. The van der Waals surface area contributed by atoms with Crippen molar-refractivity contribution in [2.75, 3.05) is 12.5 Å². The van der Waals surface area contributed by atoms with E-state index in [1.54, 1.807) is 0 Å². The summed E-state index contributed by atoms with van der Waals surface area (Å²) in [6, 6.07) is 0. The van der Waals surface area contributed by atoms with Crippen LogP contribution in [0.15, 0.2) is 0 Å². The van der Waals surface area contributed by atoms with Crippen molar-refractivity contribution in [3.63, 3.8) is 0 Å². The van der Waals surface area contributed by atoms with Crippen LogP contribution in [0.4, 0.5) is 0 Å². The van der Waals surface area contributed by atoms with Crippen LogP contribution in [0.3, 0.4) is 0 Å². The van der Waals surface area contributed by atoms with Crippen molar-refractivity contribution >= 4 is 20.0 Å². The summed E-state index contributed by atoms with van der Waals surface area (Å²) in [5.41, 5.74) is 0. The summed E-state index contributed by atoms with van der Waals surface area (Å²) in [5, 5.41) is 10.3. The van der Waals surface area contributed by atoms with Gasteiger partial charge < -0.3 is 5.21 Å². The van der Waals surface area contributed by atoms with Crippen molar-refractivity contribution < 1.29 is 20.7 Å². The van der Waals surface area contributed by atoms with Gasteiger partial charge in [-0.3, -0.25) is 0 Å². The minimum atomic E-state index is -4.09. The molecular formula is C2H7NO5S2. The predicted molar refractivity (Wildman–Crippen MR) is 34.0 cm³/mol. The molecule has 62 valence electrons. The Bertz CT molecular complexity index is 267. The van der Waals surface area contributed by atoms with E-state index in [1.807, 2.05) is 0 Å². The van der Waals surface area contributed by atoms with Crippen molar-refractivity contribution in [2.45, 2.75) is 0 Å². The van der Waals surface area contributed by atoms with Gasteiger partial charge in [-0.1, -0.05) is 0 Å². The first-order valence-electron chi connectivity index (χ1n) is 2.10. The molecular weight excluding hydrogens is 182 g/mol. The molecule has 0 saturated heterocycles. The monoisotopic (exact) mass is 189 g/mol. The lowest BCUT2D eigenvalue weighted by Gasteiger charge is -2.14. The predicted octanol–water partition coefficient (Wildman–Crippen LogP) is -2.71.